The van der Waals surface area contributed by atoms with Crippen LogP contribution in [-0.4, -0.2) is 14.2 Å². The lowest BCUT2D eigenvalue weighted by molar-refractivity contribution is 0.572. The van der Waals surface area contributed by atoms with Crippen molar-refractivity contribution >= 4 is 25.8 Å². The number of rotatable bonds is 0. The van der Waals surface area contributed by atoms with Crippen molar-refractivity contribution in [3.05, 3.63) is 28.2 Å². The first-order chi connectivity index (χ1) is 6.33. The zero-order valence-corrected chi connectivity index (χ0v) is 10.4. The zero-order chi connectivity index (χ0) is 10.6. The van der Waals surface area contributed by atoms with Crippen LogP contribution in [0.25, 0.3) is 0 Å². The molecule has 4 heteroatoms. The van der Waals surface area contributed by atoms with Crippen molar-refractivity contribution in [1.82, 2.24) is 0 Å². The van der Waals surface area contributed by atoms with Gasteiger partial charge in [-0.3, -0.25) is 0 Å². The van der Waals surface area contributed by atoms with Crippen molar-refractivity contribution in [2.24, 2.45) is 0 Å². The zero-order valence-electron chi connectivity index (χ0n) is 8.04. The maximum atomic E-state index is 11.8. The molecule has 0 fully saturated rings. The van der Waals surface area contributed by atoms with E-state index in [9.17, 15) is 8.42 Å². The largest absolute Gasteiger partial charge is 0.224 e. The molecule has 0 saturated carbocycles. The van der Waals surface area contributed by atoms with Gasteiger partial charge in [0.1, 0.15) is 0 Å². The number of halogens is 1. The summed E-state index contributed by atoms with van der Waals surface area (Å²) in [7, 11) is -3.05. The van der Waals surface area contributed by atoms with E-state index in [-0.39, 0.29) is 11.2 Å². The molecule has 1 heterocycles. The van der Waals surface area contributed by atoms with Crippen LogP contribution in [0.5, 0.6) is 0 Å². The SMILES string of the molecule is CC1(C)CS(=O)(=O)c2ccc(Br)cc21. The number of hydrogen-bond acceptors (Lipinski definition) is 2. The molecule has 0 N–H and O–H groups in total. The summed E-state index contributed by atoms with van der Waals surface area (Å²) < 4.78 is 24.5. The number of fused-ring (bicyclic) bond motifs is 1. The van der Waals surface area contributed by atoms with Crippen molar-refractivity contribution in [1.29, 1.82) is 0 Å². The van der Waals surface area contributed by atoms with E-state index in [0.29, 0.717) is 4.90 Å². The van der Waals surface area contributed by atoms with Crippen LogP contribution < -0.4 is 0 Å². The van der Waals surface area contributed by atoms with Gasteiger partial charge in [0.05, 0.1) is 10.6 Å². The average Bonchev–Trinajstić information content (AvgIpc) is 2.17. The summed E-state index contributed by atoms with van der Waals surface area (Å²) in [4.78, 5) is 0.491. The average molecular weight is 275 g/mol. The van der Waals surface area contributed by atoms with Gasteiger partial charge in [0.15, 0.2) is 9.84 Å². The summed E-state index contributed by atoms with van der Waals surface area (Å²) in [6.45, 7) is 3.92. The first-order valence-electron chi connectivity index (χ1n) is 4.36. The molecule has 0 aromatic heterocycles. The van der Waals surface area contributed by atoms with Crippen LogP contribution in [0.15, 0.2) is 27.6 Å². The van der Waals surface area contributed by atoms with E-state index in [4.69, 9.17) is 0 Å². The second kappa shape index (κ2) is 2.83. The van der Waals surface area contributed by atoms with Gasteiger partial charge >= 0.3 is 0 Å². The number of hydrogen-bond donors (Lipinski definition) is 0. The van der Waals surface area contributed by atoms with Crippen LogP contribution >= 0.6 is 15.9 Å². The number of benzene rings is 1. The third kappa shape index (κ3) is 1.41. The van der Waals surface area contributed by atoms with Gasteiger partial charge in [-0.05, 0) is 23.8 Å². The monoisotopic (exact) mass is 274 g/mol. The van der Waals surface area contributed by atoms with Crippen LogP contribution in [-0.2, 0) is 15.3 Å². The van der Waals surface area contributed by atoms with Gasteiger partial charge in [-0.15, -0.1) is 0 Å². The molecule has 1 aliphatic rings. The summed E-state index contributed by atoms with van der Waals surface area (Å²) >= 11 is 3.36. The molecule has 1 aliphatic heterocycles. The van der Waals surface area contributed by atoms with Gasteiger partial charge in [0.25, 0.3) is 0 Å². The lowest BCUT2D eigenvalue weighted by atomic mass is 9.87. The van der Waals surface area contributed by atoms with Crippen molar-refractivity contribution < 1.29 is 8.42 Å². The lowest BCUT2D eigenvalue weighted by Crippen LogP contribution is -2.19. The molecule has 0 bridgehead atoms. The standard InChI is InChI=1S/C10H11BrO2S/c1-10(2)6-14(12,13)9-4-3-7(11)5-8(9)10/h3-5H,6H2,1-2H3. The topological polar surface area (TPSA) is 34.1 Å². The highest BCUT2D eigenvalue weighted by Gasteiger charge is 2.40. The Morgan fingerprint density at radius 1 is 1.36 bits per heavy atom. The van der Waals surface area contributed by atoms with E-state index >= 15 is 0 Å². The van der Waals surface area contributed by atoms with E-state index in [0.717, 1.165) is 10.0 Å². The molecule has 0 aliphatic carbocycles. The van der Waals surface area contributed by atoms with Crippen molar-refractivity contribution in [3.8, 4) is 0 Å². The molecular formula is C10H11BrO2S. The van der Waals surface area contributed by atoms with Crippen LogP contribution in [0.2, 0.25) is 0 Å². The van der Waals surface area contributed by atoms with Crippen LogP contribution in [0.4, 0.5) is 0 Å². The van der Waals surface area contributed by atoms with E-state index in [1.807, 2.05) is 19.9 Å². The fraction of sp³-hybridized carbons (Fsp3) is 0.400. The molecule has 0 amide bonds. The minimum Gasteiger partial charge on any atom is -0.224 e. The van der Waals surface area contributed by atoms with Crippen molar-refractivity contribution in [3.63, 3.8) is 0 Å². The summed E-state index contributed by atoms with van der Waals surface area (Å²) in [5.41, 5.74) is 0.657. The molecule has 0 atom stereocenters. The quantitative estimate of drug-likeness (QED) is 0.729. The minimum atomic E-state index is -3.05. The molecule has 0 spiro atoms. The molecule has 1 aromatic carbocycles. The molecule has 1 aromatic rings. The fourth-order valence-corrected chi connectivity index (χ4v) is 4.50. The van der Waals surface area contributed by atoms with Crippen molar-refractivity contribution in [2.75, 3.05) is 5.75 Å². The Hall–Kier alpha value is -0.350. The Labute approximate surface area is 92.4 Å². The maximum absolute atomic E-state index is 11.8. The predicted molar refractivity (Wildman–Crippen MR) is 59.2 cm³/mol. The van der Waals surface area contributed by atoms with Gasteiger partial charge in [-0.1, -0.05) is 29.8 Å². The third-order valence-corrected chi connectivity index (χ3v) is 5.18. The first kappa shape index (κ1) is 10.2. The molecule has 0 unspecified atom stereocenters. The van der Waals surface area contributed by atoms with E-state index in [2.05, 4.69) is 15.9 Å². The van der Waals surface area contributed by atoms with E-state index in [1.165, 1.54) is 0 Å². The summed E-state index contributed by atoms with van der Waals surface area (Å²) in [6, 6.07) is 5.36. The second-order valence-electron chi connectivity index (χ2n) is 4.28. The molecule has 2 rings (SSSR count). The van der Waals surface area contributed by atoms with E-state index < -0.39 is 9.84 Å². The Morgan fingerprint density at radius 3 is 2.64 bits per heavy atom. The van der Waals surface area contributed by atoms with Gasteiger partial charge < -0.3 is 0 Å². The predicted octanol–water partition coefficient (Wildman–Crippen LogP) is 2.51. The van der Waals surface area contributed by atoms with Gasteiger partial charge in [0.2, 0.25) is 0 Å². The highest BCUT2D eigenvalue weighted by molar-refractivity contribution is 9.10. The fourth-order valence-electron chi connectivity index (χ4n) is 1.93. The Morgan fingerprint density at radius 2 is 2.00 bits per heavy atom. The van der Waals surface area contributed by atoms with E-state index in [1.54, 1.807) is 12.1 Å². The summed E-state index contributed by atoms with van der Waals surface area (Å²) in [5.74, 6) is 0.214. The van der Waals surface area contributed by atoms with Crippen molar-refractivity contribution in [2.45, 2.75) is 24.2 Å². The van der Waals surface area contributed by atoms with Crippen LogP contribution in [0, 0.1) is 0 Å². The van der Waals surface area contributed by atoms with Crippen LogP contribution in [0.1, 0.15) is 19.4 Å². The summed E-state index contributed by atoms with van der Waals surface area (Å²) in [5, 5.41) is 0. The Bertz CT molecular complexity index is 489. The van der Waals surface area contributed by atoms with Gasteiger partial charge in [-0.2, -0.15) is 0 Å². The Kier molecular flexibility index (Phi) is 2.05. The normalized spacial score (nSPS) is 21.9. The highest BCUT2D eigenvalue weighted by Crippen LogP contribution is 2.40. The third-order valence-electron chi connectivity index (χ3n) is 2.56. The molecule has 0 saturated heterocycles. The second-order valence-corrected chi connectivity index (χ2v) is 7.16. The minimum absolute atomic E-state index is 0.214. The lowest BCUT2D eigenvalue weighted by Gasteiger charge is -2.16. The first-order valence-corrected chi connectivity index (χ1v) is 6.80. The smallest absolute Gasteiger partial charge is 0.179 e. The molecule has 2 nitrogen and oxygen atoms in total. The maximum Gasteiger partial charge on any atom is 0.179 e. The molecule has 76 valence electrons. The summed E-state index contributed by atoms with van der Waals surface area (Å²) in [6.07, 6.45) is 0. The molecule has 0 radical (unpaired) electrons. The van der Waals surface area contributed by atoms with Gasteiger partial charge in [-0.25, -0.2) is 8.42 Å². The molecule has 14 heavy (non-hydrogen) atoms. The number of sulfone groups is 1. The Balaban J connectivity index is 2.79. The molecular weight excluding hydrogens is 264 g/mol. The highest BCUT2D eigenvalue weighted by atomic mass is 79.9. The van der Waals surface area contributed by atoms with Crippen LogP contribution in [0.3, 0.4) is 0 Å². The van der Waals surface area contributed by atoms with Gasteiger partial charge in [0, 0.05) is 9.89 Å².